The van der Waals surface area contributed by atoms with E-state index in [9.17, 15) is 0 Å². The summed E-state index contributed by atoms with van der Waals surface area (Å²) in [5.41, 5.74) is 13.3. The largest absolute Gasteiger partial charge is 0.456 e. The summed E-state index contributed by atoms with van der Waals surface area (Å²) in [6.45, 7) is 0. The Hall–Kier alpha value is -7.17. The van der Waals surface area contributed by atoms with E-state index in [4.69, 9.17) is 13.8 Å². The maximum absolute atomic E-state index is 6.52. The van der Waals surface area contributed by atoms with Crippen LogP contribution in [0, 0.1) is 0 Å². The smallest absolute Gasteiger partial charge is 0.146 e. The standard InChI is InChI=1S/C50H32N2O2/c1-2-13-31(14-3-1)44-30-45(42-22-12-21-40-38-19-8-11-24-47(38)54-49(40)42)52-50(51-44)41-27-26-37(35-17-6-7-18-36(35)41)34-16-5-4-15-33(34)32-25-28-48-43(29-32)39-20-9-10-23-46(39)53-48/h1-30,50,52H. The fraction of sp³-hybridized carbons (Fsp3) is 0.0200. The highest BCUT2D eigenvalue weighted by Gasteiger charge is 2.25. The van der Waals surface area contributed by atoms with E-state index in [2.05, 4.69) is 157 Å². The Labute approximate surface area is 311 Å². The lowest BCUT2D eigenvalue weighted by Crippen LogP contribution is -2.25. The Balaban J connectivity index is 1.05. The number of para-hydroxylation sites is 3. The molecule has 0 saturated heterocycles. The number of hydrogen-bond acceptors (Lipinski definition) is 4. The number of benzene rings is 8. The van der Waals surface area contributed by atoms with Crippen LogP contribution in [-0.2, 0) is 0 Å². The summed E-state index contributed by atoms with van der Waals surface area (Å²) in [7, 11) is 0. The summed E-state index contributed by atoms with van der Waals surface area (Å²) in [5.74, 6) is 0. The van der Waals surface area contributed by atoms with Crippen molar-refractivity contribution in [1.29, 1.82) is 0 Å². The van der Waals surface area contributed by atoms with Crippen LogP contribution in [0.2, 0.25) is 0 Å². The topological polar surface area (TPSA) is 50.7 Å². The van der Waals surface area contributed by atoms with E-state index in [0.717, 1.165) is 82.9 Å². The zero-order chi connectivity index (χ0) is 35.6. The SMILES string of the molecule is C1=C(c2cccc3c2oc2ccccc23)NC(c2ccc(-c3ccccc3-c3ccc4oc5ccccc5c4c3)c3ccccc23)N=C1c1ccccc1. The first-order valence-electron chi connectivity index (χ1n) is 18.3. The quantitative estimate of drug-likeness (QED) is 0.195. The van der Waals surface area contributed by atoms with Gasteiger partial charge in [-0.05, 0) is 75.0 Å². The highest BCUT2D eigenvalue weighted by atomic mass is 16.3. The number of nitrogens with one attached hydrogen (secondary N) is 1. The van der Waals surface area contributed by atoms with Crippen LogP contribution < -0.4 is 5.32 Å². The van der Waals surface area contributed by atoms with Gasteiger partial charge in [-0.25, -0.2) is 0 Å². The van der Waals surface area contributed by atoms with Gasteiger partial charge >= 0.3 is 0 Å². The molecule has 54 heavy (non-hydrogen) atoms. The van der Waals surface area contributed by atoms with Crippen molar-refractivity contribution in [2.24, 2.45) is 4.99 Å². The van der Waals surface area contributed by atoms with E-state index in [-0.39, 0.29) is 6.17 Å². The van der Waals surface area contributed by atoms with Crippen LogP contribution >= 0.6 is 0 Å². The summed E-state index contributed by atoms with van der Waals surface area (Å²) >= 11 is 0. The molecule has 4 heteroatoms. The highest BCUT2D eigenvalue weighted by molar-refractivity contribution is 6.15. The van der Waals surface area contributed by atoms with Crippen LogP contribution in [0.1, 0.15) is 22.9 Å². The summed E-state index contributed by atoms with van der Waals surface area (Å²) in [5, 5.41) is 10.6. The van der Waals surface area contributed by atoms with Crippen molar-refractivity contribution in [2.75, 3.05) is 0 Å². The van der Waals surface area contributed by atoms with Gasteiger partial charge in [-0.15, -0.1) is 0 Å². The minimum Gasteiger partial charge on any atom is -0.456 e. The van der Waals surface area contributed by atoms with E-state index >= 15 is 0 Å². The molecular formula is C50H32N2O2. The van der Waals surface area contributed by atoms with Gasteiger partial charge in [0.2, 0.25) is 0 Å². The summed E-state index contributed by atoms with van der Waals surface area (Å²) in [6, 6.07) is 61.7. The van der Waals surface area contributed by atoms with Crippen molar-refractivity contribution in [3.05, 3.63) is 199 Å². The molecule has 0 saturated carbocycles. The third-order valence-electron chi connectivity index (χ3n) is 10.8. The number of nitrogens with zero attached hydrogens (tertiary/aromatic N) is 1. The number of furan rings is 2. The van der Waals surface area contributed by atoms with Gasteiger partial charge < -0.3 is 14.2 Å². The Morgan fingerprint density at radius 3 is 1.87 bits per heavy atom. The molecule has 0 spiro atoms. The second kappa shape index (κ2) is 12.2. The van der Waals surface area contributed by atoms with Crippen molar-refractivity contribution in [1.82, 2.24) is 5.32 Å². The lowest BCUT2D eigenvalue weighted by molar-refractivity contribution is 0.655. The van der Waals surface area contributed by atoms with Gasteiger partial charge in [0.1, 0.15) is 28.5 Å². The van der Waals surface area contributed by atoms with Crippen LogP contribution in [0.25, 0.3) is 82.6 Å². The monoisotopic (exact) mass is 692 g/mol. The highest BCUT2D eigenvalue weighted by Crippen LogP contribution is 2.42. The first kappa shape index (κ1) is 30.5. The Kier molecular flexibility index (Phi) is 6.89. The predicted octanol–water partition coefficient (Wildman–Crippen LogP) is 13.1. The van der Waals surface area contributed by atoms with E-state index in [0.29, 0.717) is 0 Å². The molecule has 2 aromatic heterocycles. The molecule has 0 radical (unpaired) electrons. The van der Waals surface area contributed by atoms with E-state index in [1.54, 1.807) is 0 Å². The number of allylic oxidation sites excluding steroid dienone is 1. The maximum atomic E-state index is 6.52. The van der Waals surface area contributed by atoms with Crippen molar-refractivity contribution >= 4 is 66.1 Å². The van der Waals surface area contributed by atoms with E-state index in [1.165, 1.54) is 22.1 Å². The molecule has 1 atom stereocenters. The second-order valence-electron chi connectivity index (χ2n) is 13.9. The third kappa shape index (κ3) is 4.88. The Morgan fingerprint density at radius 2 is 1.04 bits per heavy atom. The summed E-state index contributed by atoms with van der Waals surface area (Å²) in [6.07, 6.45) is 1.81. The first-order valence-corrected chi connectivity index (χ1v) is 18.3. The molecule has 3 heterocycles. The molecule has 1 aliphatic rings. The van der Waals surface area contributed by atoms with Gasteiger partial charge in [-0.1, -0.05) is 146 Å². The molecule has 1 aliphatic heterocycles. The molecule has 254 valence electrons. The van der Waals surface area contributed by atoms with Crippen LogP contribution in [0.15, 0.2) is 196 Å². The van der Waals surface area contributed by atoms with E-state index < -0.39 is 0 Å². The molecule has 1 unspecified atom stereocenters. The van der Waals surface area contributed by atoms with Gasteiger partial charge in [-0.2, -0.15) is 0 Å². The second-order valence-corrected chi connectivity index (χ2v) is 13.9. The fourth-order valence-electron chi connectivity index (χ4n) is 8.22. The molecule has 1 N–H and O–H groups in total. The molecule has 8 aromatic carbocycles. The molecule has 0 fully saturated rings. The lowest BCUT2D eigenvalue weighted by Gasteiger charge is -2.26. The molecule has 0 aliphatic carbocycles. The minimum absolute atomic E-state index is 0.342. The molecule has 0 amide bonds. The van der Waals surface area contributed by atoms with Crippen molar-refractivity contribution in [3.63, 3.8) is 0 Å². The van der Waals surface area contributed by atoms with Crippen LogP contribution in [0.4, 0.5) is 0 Å². The molecular weight excluding hydrogens is 661 g/mol. The first-order chi connectivity index (χ1) is 26.8. The maximum Gasteiger partial charge on any atom is 0.146 e. The molecule has 4 nitrogen and oxygen atoms in total. The average molecular weight is 693 g/mol. The Morgan fingerprint density at radius 1 is 0.407 bits per heavy atom. The van der Waals surface area contributed by atoms with Gasteiger partial charge in [0.25, 0.3) is 0 Å². The van der Waals surface area contributed by atoms with Gasteiger partial charge in [0.05, 0.1) is 5.71 Å². The van der Waals surface area contributed by atoms with Crippen molar-refractivity contribution < 1.29 is 8.83 Å². The lowest BCUT2D eigenvalue weighted by atomic mass is 9.89. The number of fused-ring (bicyclic) bond motifs is 7. The van der Waals surface area contributed by atoms with E-state index in [1.807, 2.05) is 30.3 Å². The van der Waals surface area contributed by atoms with Gasteiger partial charge in [0, 0.05) is 38.4 Å². The molecule has 11 rings (SSSR count). The predicted molar refractivity (Wildman–Crippen MR) is 223 cm³/mol. The third-order valence-corrected chi connectivity index (χ3v) is 10.8. The van der Waals surface area contributed by atoms with Crippen LogP contribution in [0.3, 0.4) is 0 Å². The number of hydrogen-bond donors (Lipinski definition) is 1. The minimum atomic E-state index is -0.342. The number of rotatable bonds is 5. The van der Waals surface area contributed by atoms with Gasteiger partial charge in [-0.3, -0.25) is 4.99 Å². The molecule has 0 bridgehead atoms. The van der Waals surface area contributed by atoms with Gasteiger partial charge in [0.15, 0.2) is 0 Å². The Bertz CT molecular complexity index is 3150. The van der Waals surface area contributed by atoms with Crippen molar-refractivity contribution in [2.45, 2.75) is 6.17 Å². The average Bonchev–Trinajstić information content (AvgIpc) is 3.82. The van der Waals surface area contributed by atoms with Crippen LogP contribution in [-0.4, -0.2) is 5.71 Å². The zero-order valence-electron chi connectivity index (χ0n) is 29.2. The van der Waals surface area contributed by atoms with Crippen molar-refractivity contribution in [3.8, 4) is 22.3 Å². The van der Waals surface area contributed by atoms with Crippen LogP contribution in [0.5, 0.6) is 0 Å². The summed E-state index contributed by atoms with van der Waals surface area (Å²) < 4.78 is 12.7. The fourth-order valence-corrected chi connectivity index (χ4v) is 8.22. The molecule has 10 aromatic rings. The summed E-state index contributed by atoms with van der Waals surface area (Å²) in [4.78, 5) is 5.38. The number of aliphatic imine (C=N–C) groups is 1. The normalized spacial score (nSPS) is 14.5. The zero-order valence-corrected chi connectivity index (χ0v) is 29.2.